The molecule has 0 saturated carbocycles. The van der Waals surface area contributed by atoms with E-state index in [0.29, 0.717) is 51.5 Å². The van der Waals surface area contributed by atoms with Gasteiger partial charge in [-0.15, -0.1) is 0 Å². The minimum atomic E-state index is -0.551. The van der Waals surface area contributed by atoms with Crippen molar-refractivity contribution < 1.29 is 28.6 Å². The standard InChI is InChI=1S/C44H54N6O6/c1-10-28-24(3)32-21-34-26(5)30(12-13-39(52)45-14-16-54-18-19-55-17-15-46-43(53)56-44(7,8)9)41(49-34)31-20-38(51)40-27(6)35(50-42(31)40)23-37-29(11-2)25(4)33(48-37)22-36(28)47-32/h10,21-23,47,50H,1,11-20H2,2-9H3,(H,45,52)(H,46,53). The number of aryl methyl sites for hydroxylation is 2. The van der Waals surface area contributed by atoms with Crippen LogP contribution in [0.2, 0.25) is 0 Å². The monoisotopic (exact) mass is 762 g/mol. The highest BCUT2D eigenvalue weighted by atomic mass is 16.6. The summed E-state index contributed by atoms with van der Waals surface area (Å²) in [7, 11) is 0. The van der Waals surface area contributed by atoms with Crippen molar-refractivity contribution in [2.45, 2.75) is 86.7 Å². The molecule has 0 atom stereocenters. The van der Waals surface area contributed by atoms with E-state index in [4.69, 9.17) is 24.2 Å². The Morgan fingerprint density at radius 3 is 2.14 bits per heavy atom. The summed E-state index contributed by atoms with van der Waals surface area (Å²) in [6.45, 7) is 22.0. The third-order valence-corrected chi connectivity index (χ3v) is 10.5. The Morgan fingerprint density at radius 2 is 1.46 bits per heavy atom. The Kier molecular flexibility index (Phi) is 12.1. The number of hydrogen-bond donors (Lipinski definition) is 4. The van der Waals surface area contributed by atoms with Gasteiger partial charge in [-0.3, -0.25) is 9.59 Å². The summed E-state index contributed by atoms with van der Waals surface area (Å²) in [4.78, 5) is 56.0. The number of ether oxygens (including phenoxy) is 3. The van der Waals surface area contributed by atoms with Crippen LogP contribution in [0, 0.1) is 13.8 Å². The van der Waals surface area contributed by atoms with Crippen LogP contribution in [0.4, 0.5) is 4.79 Å². The first kappa shape index (κ1) is 40.3. The van der Waals surface area contributed by atoms with E-state index in [1.807, 2.05) is 40.7 Å². The molecule has 0 radical (unpaired) electrons. The second kappa shape index (κ2) is 16.8. The predicted molar refractivity (Wildman–Crippen MR) is 222 cm³/mol. The zero-order valence-corrected chi connectivity index (χ0v) is 33.9. The fourth-order valence-corrected chi connectivity index (χ4v) is 7.54. The zero-order chi connectivity index (χ0) is 40.3. The number of Topliss-reactive ketones (excluding diaryl/α,β-unsaturated/α-hetero) is 1. The molecule has 12 heteroatoms. The smallest absolute Gasteiger partial charge is 0.407 e. The maximum atomic E-state index is 13.7. The summed E-state index contributed by atoms with van der Waals surface area (Å²) in [5.74, 6) is -0.0483. The van der Waals surface area contributed by atoms with Crippen molar-refractivity contribution in [2.24, 2.45) is 0 Å². The van der Waals surface area contributed by atoms with E-state index < -0.39 is 11.7 Å². The minimum absolute atomic E-state index is 0.0547. The fraction of sp³-hybridized carbons (Fsp3) is 0.432. The van der Waals surface area contributed by atoms with Crippen molar-refractivity contribution in [1.29, 1.82) is 0 Å². The third-order valence-electron chi connectivity index (χ3n) is 10.5. The molecule has 6 rings (SSSR count). The molecule has 3 aliphatic rings. The quantitative estimate of drug-likeness (QED) is 0.120. The maximum Gasteiger partial charge on any atom is 0.407 e. The number of carbonyl (C=O) groups excluding carboxylic acids is 3. The second-order valence-electron chi connectivity index (χ2n) is 15.4. The highest BCUT2D eigenvalue weighted by Gasteiger charge is 2.31. The number of ketones is 1. The van der Waals surface area contributed by atoms with Crippen molar-refractivity contribution in [3.63, 3.8) is 0 Å². The number of H-pyrrole nitrogens is 2. The fourth-order valence-electron chi connectivity index (χ4n) is 7.54. The Bertz CT molecular complexity index is 2320. The molecule has 8 bridgehead atoms. The lowest BCUT2D eigenvalue weighted by atomic mass is 9.98. The summed E-state index contributed by atoms with van der Waals surface area (Å²) in [6, 6.07) is 6.20. The van der Waals surface area contributed by atoms with Gasteiger partial charge in [-0.1, -0.05) is 19.6 Å². The molecule has 2 aliphatic heterocycles. The van der Waals surface area contributed by atoms with Gasteiger partial charge in [0, 0.05) is 59.2 Å². The van der Waals surface area contributed by atoms with Gasteiger partial charge in [0.05, 0.1) is 54.7 Å². The molecule has 12 nitrogen and oxygen atoms in total. The Labute approximate surface area is 328 Å². The lowest BCUT2D eigenvalue weighted by Crippen LogP contribution is -2.34. The van der Waals surface area contributed by atoms with Gasteiger partial charge in [-0.05, 0) is 113 Å². The van der Waals surface area contributed by atoms with Crippen LogP contribution >= 0.6 is 0 Å². The molecular weight excluding hydrogens is 709 g/mol. The van der Waals surface area contributed by atoms with Gasteiger partial charge in [0.2, 0.25) is 5.91 Å². The Hall–Kier alpha value is -5.33. The molecule has 0 fully saturated rings. The SMILES string of the molecule is C=Cc1c(C)c2cc3nc(c4c5[nH]c(cc6nc(cc1[nH]2)C(C)=C6CC)c(C)c5C(=O)C4)C(CCC(=O)NCCOCCOCCNC(=O)OC(C)(C)C)=C3C. The predicted octanol–water partition coefficient (Wildman–Crippen LogP) is 8.04. The summed E-state index contributed by atoms with van der Waals surface area (Å²) >= 11 is 0. The Balaban J connectivity index is 1.20. The van der Waals surface area contributed by atoms with E-state index in [1.54, 1.807) is 0 Å². The number of alkyl carbamates (subject to hydrolysis) is 1. The number of amides is 2. The average Bonchev–Trinajstić information content (AvgIpc) is 3.89. The summed E-state index contributed by atoms with van der Waals surface area (Å²) in [5, 5.41) is 5.60. The lowest BCUT2D eigenvalue weighted by Gasteiger charge is -2.19. The van der Waals surface area contributed by atoms with Crippen LogP contribution in [0.3, 0.4) is 0 Å². The summed E-state index contributed by atoms with van der Waals surface area (Å²) in [6.07, 6.45) is 3.14. The maximum absolute atomic E-state index is 13.7. The highest BCUT2D eigenvalue weighted by Crippen LogP contribution is 2.41. The minimum Gasteiger partial charge on any atom is -0.444 e. The van der Waals surface area contributed by atoms with Crippen LogP contribution in [-0.4, -0.2) is 82.8 Å². The van der Waals surface area contributed by atoms with Crippen LogP contribution in [0.15, 0.2) is 24.8 Å². The zero-order valence-electron chi connectivity index (χ0n) is 33.9. The normalized spacial score (nSPS) is 13.8. The number of nitrogens with one attached hydrogen (secondary N) is 4. The van der Waals surface area contributed by atoms with E-state index in [1.165, 1.54) is 5.57 Å². The molecule has 0 spiro atoms. The van der Waals surface area contributed by atoms with E-state index in [-0.39, 0.29) is 24.5 Å². The number of nitrogens with zero attached hydrogens (tertiary/aromatic N) is 2. The molecule has 0 saturated heterocycles. The lowest BCUT2D eigenvalue weighted by molar-refractivity contribution is -0.121. The molecule has 5 heterocycles. The molecule has 0 unspecified atom stereocenters. The number of rotatable bonds is 14. The topological polar surface area (TPSA) is 160 Å². The molecule has 1 aliphatic carbocycles. The third kappa shape index (κ3) is 8.56. The van der Waals surface area contributed by atoms with Crippen LogP contribution in [0.25, 0.3) is 50.4 Å². The molecule has 3 aromatic rings. The molecule has 3 aromatic heterocycles. The van der Waals surface area contributed by atoms with E-state index >= 15 is 0 Å². The molecular formula is C44H54N6O6. The van der Waals surface area contributed by atoms with Crippen molar-refractivity contribution >= 4 is 68.2 Å². The molecule has 0 aromatic carbocycles. The van der Waals surface area contributed by atoms with E-state index in [2.05, 4.69) is 66.2 Å². The molecule has 56 heavy (non-hydrogen) atoms. The number of allylic oxidation sites excluding steroid dienone is 4. The average molecular weight is 763 g/mol. The van der Waals surface area contributed by atoms with Gasteiger partial charge in [-0.25, -0.2) is 14.8 Å². The number of fused-ring (bicyclic) bond motifs is 8. The first-order valence-electron chi connectivity index (χ1n) is 19.4. The van der Waals surface area contributed by atoms with Gasteiger partial charge >= 0.3 is 6.09 Å². The summed E-state index contributed by atoms with van der Waals surface area (Å²) in [5.41, 5.74) is 15.0. The molecule has 296 valence electrons. The highest BCUT2D eigenvalue weighted by molar-refractivity contribution is 6.14. The van der Waals surface area contributed by atoms with Crippen molar-refractivity contribution in [3.05, 3.63) is 75.4 Å². The van der Waals surface area contributed by atoms with Crippen LogP contribution in [0.1, 0.15) is 116 Å². The number of aromatic amines is 2. The van der Waals surface area contributed by atoms with Gasteiger partial charge < -0.3 is 34.8 Å². The number of hydrogen-bond acceptors (Lipinski definition) is 8. The van der Waals surface area contributed by atoms with Gasteiger partial charge in [0.25, 0.3) is 0 Å². The van der Waals surface area contributed by atoms with Crippen molar-refractivity contribution in [1.82, 2.24) is 30.6 Å². The van der Waals surface area contributed by atoms with Gasteiger partial charge in [0.1, 0.15) is 5.60 Å². The van der Waals surface area contributed by atoms with Crippen LogP contribution in [-0.2, 0) is 25.4 Å². The van der Waals surface area contributed by atoms with Gasteiger partial charge in [-0.2, -0.15) is 0 Å². The van der Waals surface area contributed by atoms with Crippen LogP contribution < -0.4 is 10.6 Å². The number of aromatic nitrogens is 4. The molecule has 2 amide bonds. The number of carbonyl (C=O) groups is 3. The largest absolute Gasteiger partial charge is 0.444 e. The van der Waals surface area contributed by atoms with Gasteiger partial charge in [0.15, 0.2) is 5.78 Å². The first-order valence-corrected chi connectivity index (χ1v) is 19.4. The van der Waals surface area contributed by atoms with Crippen molar-refractivity contribution in [2.75, 3.05) is 39.5 Å². The van der Waals surface area contributed by atoms with E-state index in [0.717, 1.165) is 90.2 Å². The van der Waals surface area contributed by atoms with Crippen molar-refractivity contribution in [3.8, 4) is 0 Å². The second-order valence-corrected chi connectivity index (χ2v) is 15.4. The molecule has 4 N–H and O–H groups in total. The first-order chi connectivity index (χ1) is 26.7. The Morgan fingerprint density at radius 1 is 0.839 bits per heavy atom. The van der Waals surface area contributed by atoms with E-state index in [9.17, 15) is 14.4 Å². The van der Waals surface area contributed by atoms with Crippen LogP contribution in [0.5, 0.6) is 0 Å². The summed E-state index contributed by atoms with van der Waals surface area (Å²) < 4.78 is 16.3.